The normalized spacial score (nSPS) is 13.1. The van der Waals surface area contributed by atoms with Crippen LogP contribution in [0, 0.1) is 0 Å². The van der Waals surface area contributed by atoms with Crippen LogP contribution >= 0.6 is 0 Å². The van der Waals surface area contributed by atoms with Gasteiger partial charge in [-0.1, -0.05) is 72.8 Å². The molecule has 0 saturated carbocycles. The first-order chi connectivity index (χ1) is 17.0. The van der Waals surface area contributed by atoms with E-state index in [1.807, 2.05) is 72.8 Å². The van der Waals surface area contributed by atoms with Crippen LogP contribution in [-0.2, 0) is 16.0 Å². The molecule has 1 aliphatic rings. The molecule has 6 heteroatoms. The van der Waals surface area contributed by atoms with Gasteiger partial charge >= 0.3 is 12.1 Å². The van der Waals surface area contributed by atoms with Crippen LogP contribution in [0.3, 0.4) is 0 Å². The predicted octanol–water partition coefficient (Wildman–Crippen LogP) is 5.38. The van der Waals surface area contributed by atoms with E-state index in [9.17, 15) is 14.7 Å². The van der Waals surface area contributed by atoms with E-state index in [1.54, 1.807) is 7.11 Å². The summed E-state index contributed by atoms with van der Waals surface area (Å²) >= 11 is 0. The maximum absolute atomic E-state index is 12.6. The van der Waals surface area contributed by atoms with Crippen molar-refractivity contribution in [1.29, 1.82) is 0 Å². The van der Waals surface area contributed by atoms with Crippen LogP contribution in [0.5, 0.6) is 5.75 Å². The standard InChI is InChI=1S/C29H25NO5/c1-34-21-13-12-19-14-18(10-11-20(19)16-21)15-27(28(31)32)30-29(33)35-17-26-24-8-4-2-6-22(24)23-7-3-5-9-25(23)26/h2-14,16,26-27H,15,17H2,1H3,(H,30,33)(H,31,32). The molecule has 0 bridgehead atoms. The van der Waals surface area contributed by atoms with Gasteiger partial charge in [-0.05, 0) is 50.7 Å². The fourth-order valence-electron chi connectivity index (χ4n) is 4.75. The molecule has 1 amide bonds. The highest BCUT2D eigenvalue weighted by molar-refractivity contribution is 5.85. The number of carboxylic acids is 1. The van der Waals surface area contributed by atoms with Crippen LogP contribution in [0.4, 0.5) is 4.79 Å². The fraction of sp³-hybridized carbons (Fsp3) is 0.172. The van der Waals surface area contributed by atoms with Gasteiger partial charge < -0.3 is 19.9 Å². The summed E-state index contributed by atoms with van der Waals surface area (Å²) in [6, 6.07) is 26.4. The van der Waals surface area contributed by atoms with E-state index in [0.717, 1.165) is 44.3 Å². The maximum atomic E-state index is 12.6. The summed E-state index contributed by atoms with van der Waals surface area (Å²) in [5, 5.41) is 14.2. The van der Waals surface area contributed by atoms with Gasteiger partial charge in [-0.25, -0.2) is 9.59 Å². The third-order valence-corrected chi connectivity index (χ3v) is 6.49. The minimum absolute atomic E-state index is 0.0890. The molecule has 1 atom stereocenters. The van der Waals surface area contributed by atoms with Crippen molar-refractivity contribution in [2.75, 3.05) is 13.7 Å². The summed E-state index contributed by atoms with van der Waals surface area (Å²) in [5.74, 6) is -0.451. The monoisotopic (exact) mass is 467 g/mol. The second kappa shape index (κ2) is 9.50. The molecule has 176 valence electrons. The van der Waals surface area contributed by atoms with Crippen molar-refractivity contribution in [3.05, 3.63) is 102 Å². The van der Waals surface area contributed by atoms with Gasteiger partial charge in [0.25, 0.3) is 0 Å². The average molecular weight is 468 g/mol. The number of carboxylic acid groups (broad SMARTS) is 1. The average Bonchev–Trinajstić information content (AvgIpc) is 3.20. The quantitative estimate of drug-likeness (QED) is 0.381. The van der Waals surface area contributed by atoms with E-state index in [4.69, 9.17) is 9.47 Å². The lowest BCUT2D eigenvalue weighted by atomic mass is 9.98. The van der Waals surface area contributed by atoms with Crippen molar-refractivity contribution in [2.45, 2.75) is 18.4 Å². The van der Waals surface area contributed by atoms with Gasteiger partial charge in [-0.3, -0.25) is 0 Å². The van der Waals surface area contributed by atoms with Crippen LogP contribution < -0.4 is 10.1 Å². The molecular weight excluding hydrogens is 442 g/mol. The van der Waals surface area contributed by atoms with Crippen molar-refractivity contribution in [2.24, 2.45) is 0 Å². The number of ether oxygens (including phenoxy) is 2. The van der Waals surface area contributed by atoms with Gasteiger partial charge in [-0.15, -0.1) is 0 Å². The van der Waals surface area contributed by atoms with Crippen LogP contribution in [0.25, 0.3) is 21.9 Å². The molecule has 0 aromatic heterocycles. The zero-order valence-corrected chi connectivity index (χ0v) is 19.2. The zero-order valence-electron chi connectivity index (χ0n) is 19.2. The third kappa shape index (κ3) is 4.55. The first kappa shape index (κ1) is 22.5. The van der Waals surface area contributed by atoms with Gasteiger partial charge in [0.2, 0.25) is 0 Å². The van der Waals surface area contributed by atoms with Crippen molar-refractivity contribution in [3.63, 3.8) is 0 Å². The minimum Gasteiger partial charge on any atom is -0.497 e. The predicted molar refractivity (Wildman–Crippen MR) is 134 cm³/mol. The van der Waals surface area contributed by atoms with E-state index in [1.165, 1.54) is 0 Å². The lowest BCUT2D eigenvalue weighted by molar-refractivity contribution is -0.139. The van der Waals surface area contributed by atoms with Gasteiger partial charge in [0, 0.05) is 12.3 Å². The number of alkyl carbamates (subject to hydrolysis) is 1. The highest BCUT2D eigenvalue weighted by Gasteiger charge is 2.29. The second-order valence-corrected chi connectivity index (χ2v) is 8.61. The first-order valence-electron chi connectivity index (χ1n) is 11.4. The fourth-order valence-corrected chi connectivity index (χ4v) is 4.75. The number of amides is 1. The van der Waals surface area contributed by atoms with Crippen LogP contribution in [0.2, 0.25) is 0 Å². The largest absolute Gasteiger partial charge is 0.497 e. The van der Waals surface area contributed by atoms with Gasteiger partial charge in [0.15, 0.2) is 0 Å². The highest BCUT2D eigenvalue weighted by atomic mass is 16.5. The Kier molecular flexibility index (Phi) is 6.10. The SMILES string of the molecule is COc1ccc2cc(CC(NC(=O)OCC3c4ccccc4-c4ccccc43)C(=O)O)ccc2c1. The Bertz CT molecular complexity index is 1370. The molecule has 0 radical (unpaired) electrons. The molecule has 6 nitrogen and oxygen atoms in total. The summed E-state index contributed by atoms with van der Waals surface area (Å²) in [6.45, 7) is 0.129. The number of rotatable bonds is 7. The van der Waals surface area contributed by atoms with Gasteiger partial charge in [-0.2, -0.15) is 0 Å². The van der Waals surface area contributed by atoms with Crippen molar-refractivity contribution >= 4 is 22.8 Å². The Labute approximate surface area is 203 Å². The molecule has 0 fully saturated rings. The van der Waals surface area contributed by atoms with Crippen LogP contribution in [0.1, 0.15) is 22.6 Å². The minimum atomic E-state index is -1.12. The Morgan fingerprint density at radius 2 is 1.51 bits per heavy atom. The van der Waals surface area contributed by atoms with Crippen LogP contribution in [-0.4, -0.2) is 36.9 Å². The van der Waals surface area contributed by atoms with E-state index in [0.29, 0.717) is 0 Å². The molecular formula is C29H25NO5. The number of fused-ring (bicyclic) bond motifs is 4. The van der Waals surface area contributed by atoms with E-state index in [2.05, 4.69) is 17.4 Å². The molecule has 0 aliphatic heterocycles. The Hall–Kier alpha value is -4.32. The highest BCUT2D eigenvalue weighted by Crippen LogP contribution is 2.44. The van der Waals surface area contributed by atoms with E-state index < -0.39 is 18.1 Å². The summed E-state index contributed by atoms with van der Waals surface area (Å²) in [5.41, 5.74) is 5.27. The van der Waals surface area contributed by atoms with E-state index in [-0.39, 0.29) is 18.9 Å². The molecule has 1 unspecified atom stereocenters. The molecule has 0 heterocycles. The number of benzene rings is 4. The molecule has 4 aromatic rings. The number of nitrogens with one attached hydrogen (secondary N) is 1. The zero-order chi connectivity index (χ0) is 24.4. The summed E-state index contributed by atoms with van der Waals surface area (Å²) in [7, 11) is 1.61. The Morgan fingerprint density at radius 3 is 2.17 bits per heavy atom. The second-order valence-electron chi connectivity index (χ2n) is 8.61. The van der Waals surface area contributed by atoms with Crippen molar-refractivity contribution in [3.8, 4) is 16.9 Å². The number of carbonyl (C=O) groups is 2. The van der Waals surface area contributed by atoms with Gasteiger partial charge in [0.05, 0.1) is 7.11 Å². The summed E-state index contributed by atoms with van der Waals surface area (Å²) in [6.07, 6.45) is -0.605. The van der Waals surface area contributed by atoms with Crippen molar-refractivity contribution < 1.29 is 24.2 Å². The smallest absolute Gasteiger partial charge is 0.407 e. The molecule has 1 aliphatic carbocycles. The Morgan fingerprint density at radius 1 is 0.886 bits per heavy atom. The summed E-state index contributed by atoms with van der Waals surface area (Å²) in [4.78, 5) is 24.5. The summed E-state index contributed by atoms with van der Waals surface area (Å²) < 4.78 is 10.8. The molecule has 35 heavy (non-hydrogen) atoms. The molecule has 0 saturated heterocycles. The third-order valence-electron chi connectivity index (χ3n) is 6.49. The number of hydrogen-bond donors (Lipinski definition) is 2. The molecule has 0 spiro atoms. The van der Waals surface area contributed by atoms with Gasteiger partial charge in [0.1, 0.15) is 18.4 Å². The maximum Gasteiger partial charge on any atom is 0.407 e. The molecule has 4 aromatic carbocycles. The van der Waals surface area contributed by atoms with Crippen LogP contribution in [0.15, 0.2) is 84.9 Å². The molecule has 2 N–H and O–H groups in total. The lowest BCUT2D eigenvalue weighted by Gasteiger charge is -2.18. The topological polar surface area (TPSA) is 84.9 Å². The van der Waals surface area contributed by atoms with Crippen molar-refractivity contribution in [1.82, 2.24) is 5.32 Å². The Balaban J connectivity index is 1.26. The number of methoxy groups -OCH3 is 1. The van der Waals surface area contributed by atoms with E-state index >= 15 is 0 Å². The molecule has 5 rings (SSSR count). The number of carbonyl (C=O) groups excluding carboxylic acids is 1. The number of hydrogen-bond acceptors (Lipinski definition) is 4. The first-order valence-corrected chi connectivity index (χ1v) is 11.4. The number of aliphatic carboxylic acids is 1. The lowest BCUT2D eigenvalue weighted by Crippen LogP contribution is -2.42.